The number of para-hydroxylation sites is 1. The SMILES string of the molecule is c1ccc(-c2nc3c(o2)c2ccccc2c2cccc(N(c4ccccc4)c4cccc5ccccc45)c23)cc1. The summed E-state index contributed by atoms with van der Waals surface area (Å²) in [6.45, 7) is 0. The number of rotatable bonds is 4. The van der Waals surface area contributed by atoms with Crippen LogP contribution in [0.25, 0.3) is 54.9 Å². The molecule has 0 fully saturated rings. The van der Waals surface area contributed by atoms with Crippen LogP contribution in [0.15, 0.2) is 150 Å². The fourth-order valence-electron chi connectivity index (χ4n) is 5.88. The molecule has 0 atom stereocenters. The van der Waals surface area contributed by atoms with Crippen LogP contribution in [0.2, 0.25) is 0 Å². The van der Waals surface area contributed by atoms with Gasteiger partial charge in [0, 0.05) is 27.4 Å². The van der Waals surface area contributed by atoms with E-state index < -0.39 is 0 Å². The lowest BCUT2D eigenvalue weighted by Crippen LogP contribution is -2.11. The van der Waals surface area contributed by atoms with Gasteiger partial charge in [-0.2, -0.15) is 0 Å². The lowest BCUT2D eigenvalue weighted by molar-refractivity contribution is 0.623. The minimum Gasteiger partial charge on any atom is -0.435 e. The van der Waals surface area contributed by atoms with E-state index in [2.05, 4.69) is 120 Å². The van der Waals surface area contributed by atoms with Crippen molar-refractivity contribution in [1.29, 1.82) is 0 Å². The number of oxazole rings is 1. The predicted molar refractivity (Wildman–Crippen MR) is 167 cm³/mol. The summed E-state index contributed by atoms with van der Waals surface area (Å²) in [4.78, 5) is 7.52. The summed E-state index contributed by atoms with van der Waals surface area (Å²) >= 11 is 0. The molecule has 40 heavy (non-hydrogen) atoms. The maximum absolute atomic E-state index is 6.56. The van der Waals surface area contributed by atoms with Gasteiger partial charge in [-0.1, -0.05) is 109 Å². The van der Waals surface area contributed by atoms with Crippen molar-refractivity contribution in [1.82, 2.24) is 4.98 Å². The number of aromatic nitrogens is 1. The van der Waals surface area contributed by atoms with Crippen molar-refractivity contribution in [2.75, 3.05) is 4.90 Å². The molecule has 1 aromatic heterocycles. The Morgan fingerprint density at radius 1 is 0.475 bits per heavy atom. The molecule has 0 saturated carbocycles. The molecule has 0 radical (unpaired) electrons. The molecular formula is C37H24N2O. The first-order valence-electron chi connectivity index (χ1n) is 13.5. The van der Waals surface area contributed by atoms with Gasteiger partial charge in [0.2, 0.25) is 5.89 Å². The van der Waals surface area contributed by atoms with Crippen LogP contribution in [0.4, 0.5) is 17.1 Å². The van der Waals surface area contributed by atoms with Gasteiger partial charge in [-0.25, -0.2) is 4.98 Å². The highest BCUT2D eigenvalue weighted by atomic mass is 16.3. The van der Waals surface area contributed by atoms with Crippen molar-refractivity contribution < 1.29 is 4.42 Å². The first-order valence-corrected chi connectivity index (χ1v) is 13.5. The van der Waals surface area contributed by atoms with Crippen LogP contribution < -0.4 is 4.90 Å². The lowest BCUT2D eigenvalue weighted by atomic mass is 9.97. The molecule has 0 aliphatic heterocycles. The fraction of sp³-hybridized carbons (Fsp3) is 0. The third-order valence-electron chi connectivity index (χ3n) is 7.65. The number of fused-ring (bicyclic) bond motifs is 7. The van der Waals surface area contributed by atoms with Crippen molar-refractivity contribution in [3.8, 4) is 11.5 Å². The molecule has 7 aromatic carbocycles. The predicted octanol–water partition coefficient (Wildman–Crippen LogP) is 10.4. The Hall–Kier alpha value is -5.41. The molecule has 188 valence electrons. The van der Waals surface area contributed by atoms with Gasteiger partial charge < -0.3 is 9.32 Å². The summed E-state index contributed by atoms with van der Waals surface area (Å²) in [7, 11) is 0. The van der Waals surface area contributed by atoms with E-state index in [0.717, 1.165) is 55.3 Å². The van der Waals surface area contributed by atoms with Gasteiger partial charge in [-0.3, -0.25) is 0 Å². The van der Waals surface area contributed by atoms with E-state index >= 15 is 0 Å². The molecule has 0 saturated heterocycles. The minimum absolute atomic E-state index is 0.625. The van der Waals surface area contributed by atoms with E-state index in [9.17, 15) is 0 Å². The maximum Gasteiger partial charge on any atom is 0.227 e. The largest absolute Gasteiger partial charge is 0.435 e. The second-order valence-corrected chi connectivity index (χ2v) is 9.98. The molecule has 0 N–H and O–H groups in total. The van der Waals surface area contributed by atoms with E-state index in [1.54, 1.807) is 0 Å². The first kappa shape index (κ1) is 22.6. The van der Waals surface area contributed by atoms with E-state index in [4.69, 9.17) is 9.40 Å². The second-order valence-electron chi connectivity index (χ2n) is 9.98. The van der Waals surface area contributed by atoms with Crippen molar-refractivity contribution in [2.24, 2.45) is 0 Å². The smallest absolute Gasteiger partial charge is 0.227 e. The molecule has 3 nitrogen and oxygen atoms in total. The monoisotopic (exact) mass is 512 g/mol. The van der Waals surface area contributed by atoms with Gasteiger partial charge in [0.05, 0.1) is 11.4 Å². The number of anilines is 3. The number of hydrogen-bond acceptors (Lipinski definition) is 3. The summed E-state index contributed by atoms with van der Waals surface area (Å²) in [5.41, 5.74) is 5.89. The van der Waals surface area contributed by atoms with Gasteiger partial charge in [-0.05, 0) is 52.6 Å². The summed E-state index contributed by atoms with van der Waals surface area (Å²) in [6.07, 6.45) is 0. The average molecular weight is 513 g/mol. The lowest BCUT2D eigenvalue weighted by Gasteiger charge is -2.28. The molecule has 8 rings (SSSR count). The highest BCUT2D eigenvalue weighted by Crippen LogP contribution is 2.46. The Balaban J connectivity index is 1.53. The van der Waals surface area contributed by atoms with Crippen LogP contribution in [0, 0.1) is 0 Å². The third kappa shape index (κ3) is 3.49. The summed E-state index contributed by atoms with van der Waals surface area (Å²) < 4.78 is 6.56. The van der Waals surface area contributed by atoms with Crippen molar-refractivity contribution in [3.05, 3.63) is 146 Å². The van der Waals surface area contributed by atoms with Crippen LogP contribution in [-0.2, 0) is 0 Å². The Bertz CT molecular complexity index is 2160. The average Bonchev–Trinajstić information content (AvgIpc) is 3.48. The molecule has 0 spiro atoms. The van der Waals surface area contributed by atoms with E-state index in [1.165, 1.54) is 10.8 Å². The Labute approximate surface area is 231 Å². The zero-order chi connectivity index (χ0) is 26.5. The molecule has 8 aromatic rings. The molecule has 0 aliphatic carbocycles. The van der Waals surface area contributed by atoms with Crippen LogP contribution in [-0.4, -0.2) is 4.98 Å². The molecule has 0 unspecified atom stereocenters. The zero-order valence-electron chi connectivity index (χ0n) is 21.7. The summed E-state index contributed by atoms with van der Waals surface area (Å²) in [6, 6.07) is 50.8. The molecular weight excluding hydrogens is 488 g/mol. The fourth-order valence-corrected chi connectivity index (χ4v) is 5.88. The molecule has 1 heterocycles. The zero-order valence-corrected chi connectivity index (χ0v) is 21.7. The topological polar surface area (TPSA) is 29.3 Å². The molecule has 0 bridgehead atoms. The number of hydrogen-bond donors (Lipinski definition) is 0. The minimum atomic E-state index is 0.625. The summed E-state index contributed by atoms with van der Waals surface area (Å²) in [5.74, 6) is 0.625. The van der Waals surface area contributed by atoms with Crippen LogP contribution in [0.5, 0.6) is 0 Å². The van der Waals surface area contributed by atoms with Crippen LogP contribution in [0.3, 0.4) is 0 Å². The normalized spacial score (nSPS) is 11.5. The Morgan fingerprint density at radius 2 is 1.07 bits per heavy atom. The molecule has 0 aliphatic rings. The van der Waals surface area contributed by atoms with Gasteiger partial charge in [0.25, 0.3) is 0 Å². The second kappa shape index (κ2) is 9.11. The number of nitrogens with zero attached hydrogens (tertiary/aromatic N) is 2. The van der Waals surface area contributed by atoms with Crippen molar-refractivity contribution in [3.63, 3.8) is 0 Å². The van der Waals surface area contributed by atoms with Crippen LogP contribution >= 0.6 is 0 Å². The quantitative estimate of drug-likeness (QED) is 0.220. The van der Waals surface area contributed by atoms with Gasteiger partial charge in [0.1, 0.15) is 5.52 Å². The van der Waals surface area contributed by atoms with Crippen molar-refractivity contribution in [2.45, 2.75) is 0 Å². The van der Waals surface area contributed by atoms with Crippen LogP contribution in [0.1, 0.15) is 0 Å². The van der Waals surface area contributed by atoms with E-state index in [-0.39, 0.29) is 0 Å². The van der Waals surface area contributed by atoms with Gasteiger partial charge in [-0.15, -0.1) is 0 Å². The highest BCUT2D eigenvalue weighted by Gasteiger charge is 2.23. The standard InChI is InChI=1S/C37H24N2O/c1-3-14-26(15-4-1)37-38-35-34-30(29-20-9-10-21-31(29)36(35)40-37)22-12-24-33(34)39(27-17-5-2-6-18-27)32-23-11-16-25-13-7-8-19-28(25)32/h1-24H. The molecule has 0 amide bonds. The first-order chi connectivity index (χ1) is 19.9. The van der Waals surface area contributed by atoms with Crippen molar-refractivity contribution >= 4 is 60.5 Å². The third-order valence-corrected chi connectivity index (χ3v) is 7.65. The Kier molecular flexibility index (Phi) is 5.14. The van der Waals surface area contributed by atoms with Gasteiger partial charge >= 0.3 is 0 Å². The highest BCUT2D eigenvalue weighted by molar-refractivity contribution is 6.27. The summed E-state index contributed by atoms with van der Waals surface area (Å²) in [5, 5.41) is 6.81. The van der Waals surface area contributed by atoms with Gasteiger partial charge in [0.15, 0.2) is 5.58 Å². The number of benzene rings is 7. The Morgan fingerprint density at radius 3 is 1.90 bits per heavy atom. The maximum atomic E-state index is 6.56. The van der Waals surface area contributed by atoms with E-state index in [1.807, 2.05) is 30.3 Å². The molecule has 3 heteroatoms. The van der Waals surface area contributed by atoms with E-state index in [0.29, 0.717) is 5.89 Å².